The van der Waals surface area contributed by atoms with Crippen molar-refractivity contribution in [2.75, 3.05) is 31.2 Å². The third-order valence-electron chi connectivity index (χ3n) is 3.63. The van der Waals surface area contributed by atoms with E-state index in [1.807, 2.05) is 25.1 Å². The van der Waals surface area contributed by atoms with Gasteiger partial charge < -0.3 is 20.1 Å². The Kier molecular flexibility index (Phi) is 5.05. The van der Waals surface area contributed by atoms with Gasteiger partial charge in [0.25, 0.3) is 0 Å². The fraction of sp³-hybridized carbons (Fsp3) is 0.600. The van der Waals surface area contributed by atoms with Crippen LogP contribution in [-0.4, -0.2) is 43.5 Å². The second kappa shape index (κ2) is 6.78. The standard InChI is InChI=1S/C15H24N2O2/c1-3-19-15-7-5-4-6-14(15)17-9-8-12(2)16-10-13(17)11-18/h4-7,12-13,16,18H,3,8-11H2,1-2H3. The summed E-state index contributed by atoms with van der Waals surface area (Å²) < 4.78 is 5.71. The van der Waals surface area contributed by atoms with Crippen molar-refractivity contribution >= 4 is 5.69 Å². The molecule has 19 heavy (non-hydrogen) atoms. The van der Waals surface area contributed by atoms with Gasteiger partial charge in [-0.15, -0.1) is 0 Å². The molecular weight excluding hydrogens is 240 g/mol. The minimum Gasteiger partial charge on any atom is -0.492 e. The summed E-state index contributed by atoms with van der Waals surface area (Å²) in [4.78, 5) is 2.27. The van der Waals surface area contributed by atoms with Crippen LogP contribution in [0.4, 0.5) is 5.69 Å². The largest absolute Gasteiger partial charge is 0.492 e. The first-order valence-corrected chi connectivity index (χ1v) is 7.09. The van der Waals surface area contributed by atoms with Crippen LogP contribution >= 0.6 is 0 Å². The number of nitrogens with zero attached hydrogens (tertiary/aromatic N) is 1. The highest BCUT2D eigenvalue weighted by Gasteiger charge is 2.24. The van der Waals surface area contributed by atoms with Crippen LogP contribution in [0.15, 0.2) is 24.3 Å². The van der Waals surface area contributed by atoms with Crippen molar-refractivity contribution in [1.29, 1.82) is 0 Å². The molecule has 4 nitrogen and oxygen atoms in total. The van der Waals surface area contributed by atoms with E-state index >= 15 is 0 Å². The van der Waals surface area contributed by atoms with E-state index in [-0.39, 0.29) is 12.6 Å². The molecule has 0 radical (unpaired) electrons. The van der Waals surface area contributed by atoms with Gasteiger partial charge in [-0.05, 0) is 32.4 Å². The highest BCUT2D eigenvalue weighted by molar-refractivity contribution is 5.59. The highest BCUT2D eigenvalue weighted by Crippen LogP contribution is 2.30. The number of hydrogen-bond donors (Lipinski definition) is 2. The Bertz CT molecular complexity index is 397. The van der Waals surface area contributed by atoms with E-state index in [1.165, 1.54) is 0 Å². The second-order valence-electron chi connectivity index (χ2n) is 5.03. The Hall–Kier alpha value is -1.26. The van der Waals surface area contributed by atoms with Crippen molar-refractivity contribution in [2.24, 2.45) is 0 Å². The Labute approximate surface area is 115 Å². The molecule has 0 amide bonds. The molecule has 1 saturated heterocycles. The minimum atomic E-state index is 0.103. The molecule has 2 N–H and O–H groups in total. The number of nitrogens with one attached hydrogen (secondary N) is 1. The summed E-state index contributed by atoms with van der Waals surface area (Å²) in [5.41, 5.74) is 1.08. The summed E-state index contributed by atoms with van der Waals surface area (Å²) in [6.45, 7) is 6.73. The number of rotatable bonds is 4. The van der Waals surface area contributed by atoms with Crippen LogP contribution in [0.5, 0.6) is 5.75 Å². The van der Waals surface area contributed by atoms with Gasteiger partial charge in [0.15, 0.2) is 0 Å². The SMILES string of the molecule is CCOc1ccccc1N1CCC(C)NCC1CO. The number of aliphatic hydroxyl groups is 1. The van der Waals surface area contributed by atoms with Gasteiger partial charge in [0.2, 0.25) is 0 Å². The molecule has 0 saturated carbocycles. The summed E-state index contributed by atoms with van der Waals surface area (Å²) in [6, 6.07) is 8.67. The van der Waals surface area contributed by atoms with Crippen molar-refractivity contribution in [1.82, 2.24) is 5.32 Å². The first kappa shape index (κ1) is 14.2. The van der Waals surface area contributed by atoms with E-state index in [1.54, 1.807) is 0 Å². The lowest BCUT2D eigenvalue weighted by atomic mass is 10.2. The Balaban J connectivity index is 2.26. The lowest BCUT2D eigenvalue weighted by Gasteiger charge is -2.31. The molecule has 4 heteroatoms. The molecule has 106 valence electrons. The van der Waals surface area contributed by atoms with Crippen molar-refractivity contribution in [3.8, 4) is 5.75 Å². The van der Waals surface area contributed by atoms with Crippen molar-refractivity contribution in [2.45, 2.75) is 32.4 Å². The van der Waals surface area contributed by atoms with Crippen molar-refractivity contribution in [3.63, 3.8) is 0 Å². The lowest BCUT2D eigenvalue weighted by Crippen LogP contribution is -2.43. The Morgan fingerprint density at radius 1 is 1.42 bits per heavy atom. The number of para-hydroxylation sites is 2. The van der Waals surface area contributed by atoms with Crippen molar-refractivity contribution < 1.29 is 9.84 Å². The van der Waals surface area contributed by atoms with E-state index in [9.17, 15) is 5.11 Å². The quantitative estimate of drug-likeness (QED) is 0.867. The van der Waals surface area contributed by atoms with Crippen LogP contribution in [0, 0.1) is 0 Å². The molecule has 0 spiro atoms. The first-order valence-electron chi connectivity index (χ1n) is 7.09. The second-order valence-corrected chi connectivity index (χ2v) is 5.03. The molecule has 1 aliphatic rings. The average Bonchev–Trinajstić information content (AvgIpc) is 2.61. The van der Waals surface area contributed by atoms with Crippen LogP contribution < -0.4 is 15.0 Å². The number of hydrogen-bond acceptors (Lipinski definition) is 4. The molecule has 0 aliphatic carbocycles. The fourth-order valence-electron chi connectivity index (χ4n) is 2.52. The van der Waals surface area contributed by atoms with Gasteiger partial charge in [-0.25, -0.2) is 0 Å². The summed E-state index contributed by atoms with van der Waals surface area (Å²) in [6.07, 6.45) is 1.07. The number of anilines is 1. The van der Waals surface area contributed by atoms with Gasteiger partial charge >= 0.3 is 0 Å². The summed E-state index contributed by atoms with van der Waals surface area (Å²) in [7, 11) is 0. The third-order valence-corrected chi connectivity index (χ3v) is 3.63. The zero-order valence-corrected chi connectivity index (χ0v) is 11.8. The average molecular weight is 264 g/mol. The summed E-state index contributed by atoms with van der Waals surface area (Å²) in [5, 5.41) is 13.1. The van der Waals surface area contributed by atoms with Crippen LogP contribution in [0.1, 0.15) is 20.3 Å². The maximum atomic E-state index is 9.63. The van der Waals surface area contributed by atoms with Gasteiger partial charge in [0, 0.05) is 19.1 Å². The highest BCUT2D eigenvalue weighted by atomic mass is 16.5. The Morgan fingerprint density at radius 3 is 2.95 bits per heavy atom. The van der Waals surface area contributed by atoms with Crippen LogP contribution in [0.3, 0.4) is 0 Å². The smallest absolute Gasteiger partial charge is 0.142 e. The maximum Gasteiger partial charge on any atom is 0.142 e. The van der Waals surface area contributed by atoms with E-state index in [0.29, 0.717) is 12.6 Å². The van der Waals surface area contributed by atoms with E-state index in [2.05, 4.69) is 23.2 Å². The minimum absolute atomic E-state index is 0.103. The van der Waals surface area contributed by atoms with E-state index < -0.39 is 0 Å². The molecule has 2 atom stereocenters. The number of benzene rings is 1. The summed E-state index contributed by atoms with van der Waals surface area (Å²) in [5.74, 6) is 0.901. The number of ether oxygens (including phenoxy) is 1. The normalized spacial score (nSPS) is 24.1. The molecule has 0 aromatic heterocycles. The molecule has 0 bridgehead atoms. The zero-order chi connectivity index (χ0) is 13.7. The molecular formula is C15H24N2O2. The molecule has 1 heterocycles. The van der Waals surface area contributed by atoms with E-state index in [0.717, 1.165) is 30.9 Å². The van der Waals surface area contributed by atoms with Gasteiger partial charge in [-0.2, -0.15) is 0 Å². The fourth-order valence-corrected chi connectivity index (χ4v) is 2.52. The van der Waals surface area contributed by atoms with Gasteiger partial charge in [-0.1, -0.05) is 12.1 Å². The van der Waals surface area contributed by atoms with Crippen LogP contribution in [-0.2, 0) is 0 Å². The third kappa shape index (κ3) is 3.39. The predicted molar refractivity (Wildman–Crippen MR) is 77.9 cm³/mol. The number of aliphatic hydroxyl groups excluding tert-OH is 1. The molecule has 2 rings (SSSR count). The monoisotopic (exact) mass is 264 g/mol. The maximum absolute atomic E-state index is 9.63. The van der Waals surface area contributed by atoms with Gasteiger partial charge in [-0.3, -0.25) is 0 Å². The Morgan fingerprint density at radius 2 is 2.21 bits per heavy atom. The van der Waals surface area contributed by atoms with Gasteiger partial charge in [0.1, 0.15) is 5.75 Å². The first-order chi connectivity index (χ1) is 9.26. The van der Waals surface area contributed by atoms with Crippen LogP contribution in [0.2, 0.25) is 0 Å². The van der Waals surface area contributed by atoms with Crippen molar-refractivity contribution in [3.05, 3.63) is 24.3 Å². The molecule has 1 aromatic rings. The topological polar surface area (TPSA) is 44.7 Å². The predicted octanol–water partition coefficient (Wildman–Crippen LogP) is 1.63. The molecule has 1 aliphatic heterocycles. The van der Waals surface area contributed by atoms with Gasteiger partial charge in [0.05, 0.1) is 24.9 Å². The molecule has 2 unspecified atom stereocenters. The van der Waals surface area contributed by atoms with Crippen LogP contribution in [0.25, 0.3) is 0 Å². The summed E-state index contributed by atoms with van der Waals surface area (Å²) >= 11 is 0. The van der Waals surface area contributed by atoms with E-state index in [4.69, 9.17) is 4.74 Å². The zero-order valence-electron chi connectivity index (χ0n) is 11.8. The molecule has 1 aromatic carbocycles. The molecule has 1 fully saturated rings. The lowest BCUT2D eigenvalue weighted by molar-refractivity contribution is 0.258.